The Morgan fingerprint density at radius 3 is 1.43 bits per heavy atom. The number of hydrogen-bond acceptors (Lipinski definition) is 13. The van der Waals surface area contributed by atoms with Gasteiger partial charge >= 0.3 is 0 Å². The number of carbonyl (C=O) groups is 8. The number of primary amides is 1. The fraction of sp³-hybridized carbons (Fsp3) is 0.328. The lowest BCUT2D eigenvalue weighted by Crippen LogP contribution is -2.61. The molecule has 2 aromatic heterocycles. The molecule has 8 amide bonds. The number of amides is 8. The second kappa shape index (κ2) is 32.7. The summed E-state index contributed by atoms with van der Waals surface area (Å²) in [5.41, 5.74) is 23.4. The third-order valence-corrected chi connectivity index (χ3v) is 15.8. The highest BCUT2D eigenvalue weighted by atomic mass is 32.1. The molecular formula is C64H77N13O8S2. The van der Waals surface area contributed by atoms with Crippen LogP contribution in [0, 0.1) is 5.92 Å². The molecule has 5 aromatic carbocycles. The molecule has 0 aliphatic rings. The van der Waals surface area contributed by atoms with Crippen molar-refractivity contribution in [3.05, 3.63) is 198 Å². The van der Waals surface area contributed by atoms with Crippen molar-refractivity contribution in [1.29, 1.82) is 0 Å². The van der Waals surface area contributed by atoms with Crippen LogP contribution in [0.2, 0.25) is 0 Å². The van der Waals surface area contributed by atoms with E-state index in [0.29, 0.717) is 35.2 Å². The van der Waals surface area contributed by atoms with Gasteiger partial charge in [0, 0.05) is 65.2 Å². The predicted octanol–water partition coefficient (Wildman–Crippen LogP) is 3.19. The normalized spacial score (nSPS) is 14.1. The molecule has 21 nitrogen and oxygen atoms in total. The average Bonchev–Trinajstić information content (AvgIpc) is 3.19. The van der Waals surface area contributed by atoms with E-state index in [4.69, 9.17) is 17.2 Å². The molecule has 0 unspecified atom stereocenters. The number of rotatable bonds is 32. The van der Waals surface area contributed by atoms with E-state index in [1.54, 1.807) is 44.3 Å². The number of aromatic amines is 2. The Hall–Kier alpha value is -8.77. The van der Waals surface area contributed by atoms with Crippen LogP contribution in [0.3, 0.4) is 0 Å². The van der Waals surface area contributed by atoms with Crippen molar-refractivity contribution in [2.75, 3.05) is 18.1 Å². The molecule has 0 aliphatic carbocycles. The van der Waals surface area contributed by atoms with Crippen molar-refractivity contribution in [2.24, 2.45) is 23.1 Å². The summed E-state index contributed by atoms with van der Waals surface area (Å²) in [6.45, 7) is 3.65. The number of nitrogens with one attached hydrogen (secondary N) is 9. The molecule has 458 valence electrons. The van der Waals surface area contributed by atoms with E-state index in [-0.39, 0.29) is 37.3 Å². The molecule has 0 aliphatic heterocycles. The van der Waals surface area contributed by atoms with E-state index in [0.717, 1.165) is 22.0 Å². The summed E-state index contributed by atoms with van der Waals surface area (Å²) in [5.74, 6) is -8.29. The first kappa shape index (κ1) is 65.8. The molecule has 0 saturated heterocycles. The van der Waals surface area contributed by atoms with Crippen LogP contribution < -0.4 is 54.4 Å². The lowest BCUT2D eigenvalue weighted by atomic mass is 9.84. The standard InChI is InChI=1S/C64H77N13O8S2/c1-38(2)55(64(85)75-51(36-87)62(83)77-56(57(67)78)53(41-23-11-5-12-24-41)42-25-13-6-14-26-42)76-58(79)47(29-17-18-30-65)71-59(80)48(31-43-33-69-46-28-16-15-27-45(43)46)72-60(81)49(32-44-34-68-37-70-44)73-61(82)50(35-86)74-63(84)54(66)52(39-19-7-3-8-20-39)40-21-9-4-10-22-40/h3-16,19-28,33-34,37-38,47-56,69,86-87H,17-18,29-32,35-36,65-66H2,1-2H3,(H2,67,78)(H,68,70)(H,71,80)(H,72,81)(H,73,82)(H,74,84)(H,75,85)(H,76,79)(H,77,83)/t47-,48+,49-,50+,51-,54-,55-,56-/m0/s1. The van der Waals surface area contributed by atoms with Gasteiger partial charge in [-0.05, 0) is 65.6 Å². The smallest absolute Gasteiger partial charge is 0.244 e. The number of nitrogens with zero attached hydrogens (tertiary/aromatic N) is 1. The molecule has 0 bridgehead atoms. The minimum atomic E-state index is -1.39. The van der Waals surface area contributed by atoms with Gasteiger partial charge in [0.1, 0.15) is 42.3 Å². The fourth-order valence-corrected chi connectivity index (χ4v) is 10.9. The van der Waals surface area contributed by atoms with Gasteiger partial charge in [-0.3, -0.25) is 38.4 Å². The zero-order chi connectivity index (χ0) is 62.4. The van der Waals surface area contributed by atoms with E-state index in [2.05, 4.69) is 77.4 Å². The topological polar surface area (TPSA) is 343 Å². The maximum Gasteiger partial charge on any atom is 0.244 e. The fourth-order valence-electron chi connectivity index (χ4n) is 10.4. The third-order valence-electron chi connectivity index (χ3n) is 15.0. The molecule has 7 rings (SSSR count). The zero-order valence-corrected chi connectivity index (χ0v) is 50.2. The first-order chi connectivity index (χ1) is 42.0. The zero-order valence-electron chi connectivity index (χ0n) is 48.4. The van der Waals surface area contributed by atoms with Gasteiger partial charge in [-0.15, -0.1) is 0 Å². The monoisotopic (exact) mass is 1220 g/mol. The van der Waals surface area contributed by atoms with Gasteiger partial charge in [-0.2, -0.15) is 25.3 Å². The summed E-state index contributed by atoms with van der Waals surface area (Å²) < 4.78 is 0. The van der Waals surface area contributed by atoms with Gasteiger partial charge < -0.3 is 64.4 Å². The Bertz CT molecular complexity index is 3300. The Balaban J connectivity index is 1.10. The summed E-state index contributed by atoms with van der Waals surface area (Å²) in [7, 11) is 0. The lowest BCUT2D eigenvalue weighted by Gasteiger charge is -2.30. The van der Waals surface area contributed by atoms with E-state index >= 15 is 0 Å². The number of hydrogen-bond donors (Lipinski definition) is 14. The summed E-state index contributed by atoms with van der Waals surface area (Å²) in [6.07, 6.45) is 5.25. The van der Waals surface area contributed by atoms with Crippen molar-refractivity contribution in [2.45, 2.75) is 106 Å². The SMILES string of the molecule is CC(C)[C@H](NC(=O)[C@H](CCCCN)NC(=O)[C@@H](Cc1c[nH]c2ccccc12)NC(=O)[C@H](Cc1cnc[nH]1)NC(=O)[C@@H](CS)NC(=O)[C@@H](N)C(c1ccccc1)c1ccccc1)C(=O)N[C@@H](CS)C(=O)N[C@H](C(N)=O)C(c1ccccc1)c1ccccc1. The Morgan fingerprint density at radius 1 is 0.494 bits per heavy atom. The lowest BCUT2D eigenvalue weighted by molar-refractivity contribution is -0.136. The highest BCUT2D eigenvalue weighted by Gasteiger charge is 2.38. The Labute approximate surface area is 516 Å². The minimum absolute atomic E-state index is 0.0611. The summed E-state index contributed by atoms with van der Waals surface area (Å²) >= 11 is 8.81. The van der Waals surface area contributed by atoms with Gasteiger partial charge in [-0.1, -0.05) is 153 Å². The van der Waals surface area contributed by atoms with Crippen LogP contribution in [0.25, 0.3) is 10.9 Å². The second-order valence-electron chi connectivity index (χ2n) is 21.5. The highest BCUT2D eigenvalue weighted by molar-refractivity contribution is 7.80. The number of carbonyl (C=O) groups excluding carboxylic acids is 8. The van der Waals surface area contributed by atoms with Crippen LogP contribution in [-0.4, -0.2) is 129 Å². The number of unbranched alkanes of at least 4 members (excludes halogenated alkanes) is 1. The number of para-hydroxylation sites is 1. The maximum absolute atomic E-state index is 14.9. The van der Waals surface area contributed by atoms with Crippen molar-refractivity contribution in [1.82, 2.24) is 52.2 Å². The number of benzene rings is 5. The quantitative estimate of drug-likeness (QED) is 0.0215. The van der Waals surface area contributed by atoms with Crippen molar-refractivity contribution in [3.63, 3.8) is 0 Å². The van der Waals surface area contributed by atoms with Crippen molar-refractivity contribution < 1.29 is 38.4 Å². The van der Waals surface area contributed by atoms with Gasteiger partial charge in [0.25, 0.3) is 0 Å². The molecule has 87 heavy (non-hydrogen) atoms. The van der Waals surface area contributed by atoms with E-state index in [9.17, 15) is 38.4 Å². The van der Waals surface area contributed by atoms with Crippen molar-refractivity contribution >= 4 is 83.4 Å². The second-order valence-corrected chi connectivity index (χ2v) is 22.3. The van der Waals surface area contributed by atoms with E-state index < -0.39 is 113 Å². The molecule has 0 saturated carbocycles. The Kier molecular flexibility index (Phi) is 24.7. The molecule has 0 spiro atoms. The van der Waals surface area contributed by atoms with Crippen LogP contribution in [0.15, 0.2) is 164 Å². The largest absolute Gasteiger partial charge is 0.368 e. The maximum atomic E-state index is 14.9. The Morgan fingerprint density at radius 2 is 0.931 bits per heavy atom. The van der Waals surface area contributed by atoms with Crippen LogP contribution >= 0.6 is 25.3 Å². The van der Waals surface area contributed by atoms with Crippen LogP contribution in [0.1, 0.15) is 78.5 Å². The first-order valence-corrected chi connectivity index (χ1v) is 30.1. The van der Waals surface area contributed by atoms with E-state index in [1.165, 1.54) is 12.5 Å². The molecule has 23 heteroatoms. The molecule has 0 radical (unpaired) electrons. The highest BCUT2D eigenvalue weighted by Crippen LogP contribution is 2.30. The number of fused-ring (bicyclic) bond motifs is 1. The van der Waals surface area contributed by atoms with Gasteiger partial charge in [0.05, 0.1) is 12.4 Å². The molecular weight excluding hydrogens is 1140 g/mol. The summed E-state index contributed by atoms with van der Waals surface area (Å²) in [5, 5.41) is 20.2. The van der Waals surface area contributed by atoms with Crippen LogP contribution in [0.5, 0.6) is 0 Å². The number of aromatic nitrogens is 3. The van der Waals surface area contributed by atoms with Gasteiger partial charge in [0.15, 0.2) is 0 Å². The number of H-pyrrole nitrogens is 2. The number of nitrogens with two attached hydrogens (primary N) is 3. The van der Waals surface area contributed by atoms with Crippen molar-refractivity contribution in [3.8, 4) is 0 Å². The van der Waals surface area contributed by atoms with E-state index in [1.807, 2.05) is 121 Å². The summed E-state index contributed by atoms with van der Waals surface area (Å²) in [4.78, 5) is 125. The van der Waals surface area contributed by atoms with Crippen LogP contribution in [-0.2, 0) is 51.2 Å². The molecule has 15 N–H and O–H groups in total. The molecule has 2 heterocycles. The molecule has 0 fully saturated rings. The third kappa shape index (κ3) is 18.1. The predicted molar refractivity (Wildman–Crippen MR) is 340 cm³/mol. The number of thiol groups is 2. The minimum Gasteiger partial charge on any atom is -0.368 e. The van der Waals surface area contributed by atoms with Gasteiger partial charge in [0.2, 0.25) is 47.3 Å². The van der Waals surface area contributed by atoms with Gasteiger partial charge in [-0.25, -0.2) is 4.98 Å². The summed E-state index contributed by atoms with van der Waals surface area (Å²) in [6, 6.07) is 33.7. The first-order valence-electron chi connectivity index (χ1n) is 28.8. The molecule has 7 aromatic rings. The number of imidazole rings is 1. The average molecular weight is 1220 g/mol. The van der Waals surface area contributed by atoms with Crippen LogP contribution in [0.4, 0.5) is 0 Å². The molecule has 8 atom stereocenters.